The van der Waals surface area contributed by atoms with Crippen LogP contribution >= 0.6 is 0 Å². The van der Waals surface area contributed by atoms with Crippen LogP contribution in [0.2, 0.25) is 0 Å². The molecule has 2 aliphatic heterocycles. The van der Waals surface area contributed by atoms with Gasteiger partial charge < -0.3 is 14.1 Å². The summed E-state index contributed by atoms with van der Waals surface area (Å²) in [5, 5.41) is 8.69. The largest absolute Gasteiger partial charge is 0.420 e. The molecule has 2 fully saturated rings. The van der Waals surface area contributed by atoms with Gasteiger partial charge in [-0.15, -0.1) is 10.2 Å². The second kappa shape index (κ2) is 7.89. The molecule has 3 aromatic rings. The predicted octanol–water partition coefficient (Wildman–Crippen LogP) is 3.78. The van der Waals surface area contributed by atoms with Crippen molar-refractivity contribution in [2.24, 2.45) is 5.41 Å². The van der Waals surface area contributed by atoms with Gasteiger partial charge in [-0.2, -0.15) is 0 Å². The predicted molar refractivity (Wildman–Crippen MR) is 115 cm³/mol. The lowest BCUT2D eigenvalue weighted by atomic mass is 9.72. The van der Waals surface area contributed by atoms with Crippen molar-refractivity contribution in [1.29, 1.82) is 0 Å². The molecule has 2 aromatic heterocycles. The number of amides is 1. The molecule has 7 heteroatoms. The minimum atomic E-state index is -0.103. The van der Waals surface area contributed by atoms with E-state index < -0.39 is 0 Å². The minimum Gasteiger partial charge on any atom is -0.420 e. The van der Waals surface area contributed by atoms with E-state index in [0.29, 0.717) is 38.1 Å². The van der Waals surface area contributed by atoms with Crippen molar-refractivity contribution >= 4 is 5.91 Å². The van der Waals surface area contributed by atoms with Gasteiger partial charge in [-0.1, -0.05) is 17.7 Å². The Balaban J connectivity index is 1.47. The lowest BCUT2D eigenvalue weighted by Gasteiger charge is -2.36. The van der Waals surface area contributed by atoms with Gasteiger partial charge >= 0.3 is 0 Å². The van der Waals surface area contributed by atoms with Crippen molar-refractivity contribution < 1.29 is 13.9 Å². The maximum atomic E-state index is 13.5. The molecule has 1 amide bonds. The van der Waals surface area contributed by atoms with Gasteiger partial charge in [0.05, 0.1) is 5.92 Å². The maximum Gasteiger partial charge on any atom is 0.254 e. The van der Waals surface area contributed by atoms with Gasteiger partial charge in [-0.25, -0.2) is 0 Å². The first-order valence-corrected chi connectivity index (χ1v) is 10.7. The van der Waals surface area contributed by atoms with Crippen molar-refractivity contribution in [2.75, 3.05) is 26.3 Å². The Labute approximate surface area is 181 Å². The van der Waals surface area contributed by atoms with Crippen LogP contribution in [0.3, 0.4) is 0 Å². The molecule has 2 aliphatic rings. The van der Waals surface area contributed by atoms with E-state index >= 15 is 0 Å². The first-order valence-electron chi connectivity index (χ1n) is 10.7. The van der Waals surface area contributed by atoms with E-state index in [1.54, 1.807) is 12.4 Å². The number of nitrogens with zero attached hydrogens (tertiary/aromatic N) is 4. The average molecular weight is 418 g/mol. The van der Waals surface area contributed by atoms with E-state index in [9.17, 15) is 4.79 Å². The van der Waals surface area contributed by atoms with Crippen LogP contribution in [0.5, 0.6) is 0 Å². The van der Waals surface area contributed by atoms with Crippen LogP contribution in [-0.4, -0.2) is 52.3 Å². The SMILES string of the molecule is Cc1ccc(C)c(C(=O)N2CC(c3nnc(-c4ccncc4)o3)C3(CCOCC3)C2)c1. The van der Waals surface area contributed by atoms with Gasteiger partial charge in [0.2, 0.25) is 11.8 Å². The van der Waals surface area contributed by atoms with E-state index in [-0.39, 0.29) is 17.2 Å². The lowest BCUT2D eigenvalue weighted by Crippen LogP contribution is -2.37. The molecule has 1 unspecified atom stereocenters. The number of ether oxygens (including phenoxy) is 1. The van der Waals surface area contributed by atoms with Gasteiger partial charge in [-0.3, -0.25) is 9.78 Å². The number of hydrogen-bond acceptors (Lipinski definition) is 6. The Morgan fingerprint density at radius 3 is 2.65 bits per heavy atom. The van der Waals surface area contributed by atoms with Gasteiger partial charge in [-0.05, 0) is 50.5 Å². The van der Waals surface area contributed by atoms with Gasteiger partial charge in [0, 0.05) is 55.2 Å². The number of aryl methyl sites for hydroxylation is 2. The summed E-state index contributed by atoms with van der Waals surface area (Å²) < 4.78 is 11.8. The highest BCUT2D eigenvalue weighted by Gasteiger charge is 2.51. The number of benzene rings is 1. The van der Waals surface area contributed by atoms with E-state index in [0.717, 1.165) is 35.1 Å². The number of rotatable bonds is 3. The fraction of sp³-hybridized carbons (Fsp3) is 0.417. The summed E-state index contributed by atoms with van der Waals surface area (Å²) in [6.45, 7) is 6.64. The molecule has 1 aromatic carbocycles. The quantitative estimate of drug-likeness (QED) is 0.644. The molecule has 0 bridgehead atoms. The number of carbonyl (C=O) groups excluding carboxylic acids is 1. The van der Waals surface area contributed by atoms with Crippen LogP contribution < -0.4 is 0 Å². The highest BCUT2D eigenvalue weighted by molar-refractivity contribution is 5.96. The summed E-state index contributed by atoms with van der Waals surface area (Å²) >= 11 is 0. The Hall–Kier alpha value is -3.06. The molecule has 31 heavy (non-hydrogen) atoms. The zero-order chi connectivity index (χ0) is 21.4. The lowest BCUT2D eigenvalue weighted by molar-refractivity contribution is 0.00908. The first-order chi connectivity index (χ1) is 15.1. The molecule has 2 saturated heterocycles. The fourth-order valence-electron chi connectivity index (χ4n) is 4.87. The average Bonchev–Trinajstić information content (AvgIpc) is 3.41. The summed E-state index contributed by atoms with van der Waals surface area (Å²) in [5.41, 5.74) is 3.59. The Morgan fingerprint density at radius 1 is 1.10 bits per heavy atom. The highest BCUT2D eigenvalue weighted by Crippen LogP contribution is 2.49. The van der Waals surface area contributed by atoms with Crippen LogP contribution in [0.25, 0.3) is 11.5 Å². The monoisotopic (exact) mass is 418 g/mol. The molecule has 1 atom stereocenters. The van der Waals surface area contributed by atoms with Crippen molar-refractivity contribution in [3.63, 3.8) is 0 Å². The first kappa shape index (κ1) is 19.9. The van der Waals surface area contributed by atoms with Crippen LogP contribution in [0, 0.1) is 19.3 Å². The van der Waals surface area contributed by atoms with Crippen LogP contribution in [-0.2, 0) is 4.74 Å². The number of pyridine rings is 1. The topological polar surface area (TPSA) is 81.4 Å². The summed E-state index contributed by atoms with van der Waals surface area (Å²) in [6, 6.07) is 9.74. The Bertz CT molecular complexity index is 1090. The molecule has 0 N–H and O–H groups in total. The van der Waals surface area contributed by atoms with Crippen molar-refractivity contribution in [3.8, 4) is 11.5 Å². The van der Waals surface area contributed by atoms with Crippen LogP contribution in [0.1, 0.15) is 46.1 Å². The molecular weight excluding hydrogens is 392 g/mol. The van der Waals surface area contributed by atoms with E-state index in [1.807, 2.05) is 49.1 Å². The second-order valence-electron chi connectivity index (χ2n) is 8.71. The Kier molecular flexibility index (Phi) is 5.06. The smallest absolute Gasteiger partial charge is 0.254 e. The van der Waals surface area contributed by atoms with Gasteiger partial charge in [0.25, 0.3) is 5.91 Å². The summed E-state index contributed by atoms with van der Waals surface area (Å²) in [7, 11) is 0. The van der Waals surface area contributed by atoms with Crippen LogP contribution in [0.15, 0.2) is 47.1 Å². The molecule has 160 valence electrons. The molecule has 4 heterocycles. The third kappa shape index (κ3) is 3.63. The van der Waals surface area contributed by atoms with E-state index in [4.69, 9.17) is 9.15 Å². The fourth-order valence-corrected chi connectivity index (χ4v) is 4.87. The molecule has 0 radical (unpaired) electrons. The highest BCUT2D eigenvalue weighted by atomic mass is 16.5. The summed E-state index contributed by atoms with van der Waals surface area (Å²) in [5.74, 6) is 1.15. The van der Waals surface area contributed by atoms with Gasteiger partial charge in [0.15, 0.2) is 0 Å². The number of aromatic nitrogens is 3. The third-order valence-electron chi connectivity index (χ3n) is 6.71. The Morgan fingerprint density at radius 2 is 1.87 bits per heavy atom. The van der Waals surface area contributed by atoms with Crippen LogP contribution in [0.4, 0.5) is 0 Å². The standard InChI is InChI=1S/C24H26N4O3/c1-16-3-4-17(2)19(13-16)23(29)28-14-20(24(15-28)7-11-30-12-8-24)22-27-26-21(31-22)18-5-9-25-10-6-18/h3-6,9-10,13,20H,7-8,11-12,14-15H2,1-2H3. The second-order valence-corrected chi connectivity index (χ2v) is 8.71. The van der Waals surface area contributed by atoms with Crippen molar-refractivity contribution in [2.45, 2.75) is 32.6 Å². The van der Waals surface area contributed by atoms with Crippen molar-refractivity contribution in [3.05, 3.63) is 65.3 Å². The number of carbonyl (C=O) groups is 1. The van der Waals surface area contributed by atoms with E-state index in [2.05, 4.69) is 15.2 Å². The van der Waals surface area contributed by atoms with Crippen molar-refractivity contribution in [1.82, 2.24) is 20.1 Å². The number of hydrogen-bond donors (Lipinski definition) is 0. The van der Waals surface area contributed by atoms with E-state index in [1.165, 1.54) is 0 Å². The third-order valence-corrected chi connectivity index (χ3v) is 6.71. The molecule has 7 nitrogen and oxygen atoms in total. The molecular formula is C24H26N4O3. The molecule has 0 saturated carbocycles. The summed E-state index contributed by atoms with van der Waals surface area (Å²) in [4.78, 5) is 19.5. The van der Waals surface area contributed by atoms with Gasteiger partial charge in [0.1, 0.15) is 0 Å². The maximum absolute atomic E-state index is 13.5. The summed E-state index contributed by atoms with van der Waals surface area (Å²) in [6.07, 6.45) is 5.17. The molecule has 0 aliphatic carbocycles. The normalized spacial score (nSPS) is 20.3. The number of likely N-dealkylation sites (tertiary alicyclic amines) is 1. The zero-order valence-corrected chi connectivity index (χ0v) is 17.9. The molecule has 5 rings (SSSR count). The minimum absolute atomic E-state index is 0.00597. The molecule has 1 spiro atoms. The zero-order valence-electron chi connectivity index (χ0n) is 17.9.